The lowest BCUT2D eigenvalue weighted by Crippen LogP contribution is -2.65. The predicted octanol–water partition coefficient (Wildman–Crippen LogP) is 4.84. The number of nitrogens with zero attached hydrogens (tertiary/aromatic N) is 1. The van der Waals surface area contributed by atoms with Gasteiger partial charge in [0.1, 0.15) is 5.75 Å². The fraction of sp³-hybridized carbons (Fsp3) is 0.258. The number of ketones is 3. The molecule has 0 unspecified atom stereocenters. The Kier molecular flexibility index (Phi) is 4.49. The number of nitrogens with one attached hydrogen (secondary N) is 1. The Balaban J connectivity index is 1.51. The number of hydrogen-bond acceptors (Lipinski definition) is 5. The number of likely N-dealkylation sites (N-methyl/N-ethyl adjacent to an activating group) is 1. The van der Waals surface area contributed by atoms with Gasteiger partial charge in [-0.1, -0.05) is 54.6 Å². The number of aryl methyl sites for hydroxylation is 1. The van der Waals surface area contributed by atoms with Gasteiger partial charge >= 0.3 is 0 Å². The Hall–Kier alpha value is -4.03. The summed E-state index contributed by atoms with van der Waals surface area (Å²) >= 11 is 0. The molecule has 1 fully saturated rings. The minimum atomic E-state index is -1.59. The quantitative estimate of drug-likeness (QED) is 0.407. The van der Waals surface area contributed by atoms with Crippen LogP contribution in [0.3, 0.4) is 0 Å². The van der Waals surface area contributed by atoms with E-state index in [4.69, 9.17) is 4.74 Å². The molecule has 2 aliphatic carbocycles. The third kappa shape index (κ3) is 2.51. The molecule has 3 aromatic carbocycles. The monoisotopic (exact) mass is 490 g/mol. The van der Waals surface area contributed by atoms with Gasteiger partial charge in [-0.3, -0.25) is 19.3 Å². The van der Waals surface area contributed by atoms with E-state index in [9.17, 15) is 14.4 Å². The van der Waals surface area contributed by atoms with Crippen LogP contribution in [0.1, 0.15) is 54.7 Å². The lowest BCUT2D eigenvalue weighted by Gasteiger charge is -2.46. The normalized spacial score (nSPS) is 24.3. The van der Waals surface area contributed by atoms with Crippen molar-refractivity contribution in [1.82, 2.24) is 9.88 Å². The Morgan fingerprint density at radius 1 is 0.865 bits per heavy atom. The molecule has 6 heteroatoms. The zero-order valence-corrected chi connectivity index (χ0v) is 20.7. The number of para-hydroxylation sites is 1. The molecule has 37 heavy (non-hydrogen) atoms. The number of likely N-dealkylation sites (tertiary alicyclic amines) is 1. The maximum atomic E-state index is 14.9. The van der Waals surface area contributed by atoms with Crippen molar-refractivity contribution in [3.63, 3.8) is 0 Å². The maximum absolute atomic E-state index is 14.9. The summed E-state index contributed by atoms with van der Waals surface area (Å²) < 4.78 is 5.37. The van der Waals surface area contributed by atoms with Gasteiger partial charge in [0.2, 0.25) is 0 Å². The van der Waals surface area contributed by atoms with Crippen LogP contribution < -0.4 is 4.74 Å². The van der Waals surface area contributed by atoms with Crippen LogP contribution in [0.25, 0.3) is 10.9 Å². The maximum Gasteiger partial charge on any atom is 0.192 e. The van der Waals surface area contributed by atoms with Crippen molar-refractivity contribution in [1.29, 1.82) is 0 Å². The number of benzene rings is 3. The average molecular weight is 491 g/mol. The highest BCUT2D eigenvalue weighted by molar-refractivity contribution is 6.36. The van der Waals surface area contributed by atoms with E-state index >= 15 is 0 Å². The molecule has 2 atom stereocenters. The number of methoxy groups -OCH3 is 1. The Labute approximate surface area is 214 Å². The standard InChI is InChI=1S/C31H26N2O4/c1-33-17-24(18-11-13-19(37-2)14-12-18)30(31(33)27(34)22-8-3-4-9-23(22)28(31)35)16-15-21-20-7-5-6-10-25(20)32-26(21)29(30)36/h3-14,24,32H,15-17H2,1-2H3/t24-,30+/m0/s1. The second-order valence-electron chi connectivity index (χ2n) is 10.4. The van der Waals surface area contributed by atoms with Crippen LogP contribution in [-0.4, -0.2) is 53.5 Å². The van der Waals surface area contributed by atoms with Gasteiger partial charge in [0, 0.05) is 34.5 Å². The van der Waals surface area contributed by atoms with E-state index < -0.39 is 11.0 Å². The third-order valence-corrected chi connectivity index (χ3v) is 9.08. The van der Waals surface area contributed by atoms with Crippen molar-refractivity contribution >= 4 is 28.3 Å². The van der Waals surface area contributed by atoms with E-state index in [0.29, 0.717) is 42.0 Å². The van der Waals surface area contributed by atoms with Gasteiger partial charge in [-0.25, -0.2) is 0 Å². The number of ether oxygens (including phenoxy) is 1. The minimum Gasteiger partial charge on any atom is -0.497 e. The molecular weight excluding hydrogens is 464 g/mol. The second-order valence-corrected chi connectivity index (χ2v) is 10.4. The molecule has 2 spiro atoms. The van der Waals surface area contributed by atoms with Gasteiger partial charge in [-0.05, 0) is 49.2 Å². The van der Waals surface area contributed by atoms with Gasteiger partial charge < -0.3 is 9.72 Å². The van der Waals surface area contributed by atoms with E-state index in [2.05, 4.69) is 4.98 Å². The number of fused-ring (bicyclic) bond motifs is 5. The van der Waals surface area contributed by atoms with Crippen molar-refractivity contribution in [2.24, 2.45) is 5.41 Å². The fourth-order valence-corrected chi connectivity index (χ4v) is 7.50. The summed E-state index contributed by atoms with van der Waals surface area (Å²) in [4.78, 5) is 48.9. The molecule has 7 rings (SSSR count). The summed E-state index contributed by atoms with van der Waals surface area (Å²) in [5.74, 6) is -0.312. The minimum absolute atomic E-state index is 0.148. The van der Waals surface area contributed by atoms with Crippen molar-refractivity contribution in [2.45, 2.75) is 24.3 Å². The molecule has 3 aliphatic rings. The zero-order valence-electron chi connectivity index (χ0n) is 20.7. The smallest absolute Gasteiger partial charge is 0.192 e. The zero-order chi connectivity index (χ0) is 25.5. The molecule has 6 nitrogen and oxygen atoms in total. The van der Waals surface area contributed by atoms with Crippen LogP contribution in [0.15, 0.2) is 72.8 Å². The number of aromatic amines is 1. The van der Waals surface area contributed by atoms with Gasteiger partial charge in [-0.15, -0.1) is 0 Å². The first-order valence-corrected chi connectivity index (χ1v) is 12.6. The summed E-state index contributed by atoms with van der Waals surface area (Å²) in [5.41, 5.74) is 1.29. The Morgan fingerprint density at radius 2 is 1.51 bits per heavy atom. The highest BCUT2D eigenvalue weighted by Crippen LogP contribution is 2.63. The molecule has 1 aliphatic heterocycles. The Bertz CT molecular complexity index is 1600. The lowest BCUT2D eigenvalue weighted by molar-refractivity contribution is 0.0278. The highest BCUT2D eigenvalue weighted by Gasteiger charge is 2.76. The van der Waals surface area contributed by atoms with E-state index in [1.807, 2.05) is 60.5 Å². The van der Waals surface area contributed by atoms with E-state index in [-0.39, 0.29) is 23.3 Å². The Morgan fingerprint density at radius 3 is 2.19 bits per heavy atom. The van der Waals surface area contributed by atoms with E-state index in [0.717, 1.165) is 22.0 Å². The van der Waals surface area contributed by atoms with Gasteiger partial charge in [-0.2, -0.15) is 0 Å². The number of carbonyl (C=O) groups excluding carboxylic acids is 3. The summed E-state index contributed by atoms with van der Waals surface area (Å²) in [5, 5.41) is 1.02. The number of H-pyrrole nitrogens is 1. The van der Waals surface area contributed by atoms with Crippen molar-refractivity contribution in [2.75, 3.05) is 20.7 Å². The largest absolute Gasteiger partial charge is 0.497 e. The average Bonchev–Trinajstić information content (AvgIpc) is 3.52. The SMILES string of the molecule is COc1ccc([C@@H]2CN(C)C3(C(=O)c4ccccc4C3=O)[C@]23CCc2c([nH]c4ccccc24)C3=O)cc1. The molecule has 4 aromatic rings. The molecule has 1 N–H and O–H groups in total. The number of aromatic nitrogens is 1. The van der Waals surface area contributed by atoms with Crippen LogP contribution in [0.4, 0.5) is 0 Å². The van der Waals surface area contributed by atoms with Crippen molar-refractivity contribution < 1.29 is 19.1 Å². The molecule has 1 aromatic heterocycles. The van der Waals surface area contributed by atoms with Crippen LogP contribution >= 0.6 is 0 Å². The molecule has 2 heterocycles. The molecule has 0 saturated carbocycles. The first kappa shape index (κ1) is 22.2. The molecule has 0 amide bonds. The van der Waals surface area contributed by atoms with Crippen LogP contribution in [-0.2, 0) is 6.42 Å². The summed E-state index contributed by atoms with van der Waals surface area (Å²) in [6.45, 7) is 0.416. The van der Waals surface area contributed by atoms with Crippen molar-refractivity contribution in [3.8, 4) is 5.75 Å². The van der Waals surface area contributed by atoms with Gasteiger partial charge in [0.25, 0.3) is 0 Å². The second kappa shape index (κ2) is 7.49. The number of carbonyl (C=O) groups is 3. The lowest BCUT2D eigenvalue weighted by atomic mass is 9.54. The first-order valence-electron chi connectivity index (χ1n) is 12.6. The van der Waals surface area contributed by atoms with Crippen molar-refractivity contribution in [3.05, 3.63) is 101 Å². The molecule has 184 valence electrons. The number of Topliss-reactive ketones (excluding diaryl/α,β-unsaturated/α-hetero) is 3. The number of hydrogen-bond donors (Lipinski definition) is 1. The van der Waals surface area contributed by atoms with Crippen LogP contribution in [0.2, 0.25) is 0 Å². The summed E-state index contributed by atoms with van der Waals surface area (Å²) in [6, 6.07) is 22.6. The van der Waals surface area contributed by atoms with Gasteiger partial charge in [0.15, 0.2) is 22.9 Å². The first-order chi connectivity index (χ1) is 17.9. The molecule has 0 bridgehead atoms. The van der Waals surface area contributed by atoms with Crippen LogP contribution in [0.5, 0.6) is 5.75 Å². The predicted molar refractivity (Wildman–Crippen MR) is 140 cm³/mol. The van der Waals surface area contributed by atoms with E-state index in [1.165, 1.54) is 0 Å². The fourth-order valence-electron chi connectivity index (χ4n) is 7.50. The van der Waals surface area contributed by atoms with E-state index in [1.54, 1.807) is 31.4 Å². The topological polar surface area (TPSA) is 79.5 Å². The highest BCUT2D eigenvalue weighted by atomic mass is 16.5. The molecule has 0 radical (unpaired) electrons. The summed E-state index contributed by atoms with van der Waals surface area (Å²) in [7, 11) is 3.44. The van der Waals surface area contributed by atoms with Gasteiger partial charge in [0.05, 0.1) is 18.2 Å². The summed E-state index contributed by atoms with van der Waals surface area (Å²) in [6.07, 6.45) is 1.01. The molecule has 1 saturated heterocycles. The molecular formula is C31H26N2O4. The number of rotatable bonds is 2. The van der Waals surface area contributed by atoms with Crippen LogP contribution in [0, 0.1) is 5.41 Å². The third-order valence-electron chi connectivity index (χ3n) is 9.08.